The van der Waals surface area contributed by atoms with E-state index >= 15 is 0 Å². The summed E-state index contributed by atoms with van der Waals surface area (Å²) in [6, 6.07) is 33.3. The van der Waals surface area contributed by atoms with Crippen LogP contribution in [0.1, 0.15) is 76.1 Å². The molecule has 1 fully saturated rings. The number of barbiturate groups is 1. The van der Waals surface area contributed by atoms with Gasteiger partial charge in [-0.05, 0) is 108 Å². The number of carbonyl (C=O) groups excluding carboxylic acids is 3. The molecule has 1 N–H and O–H groups in total. The Morgan fingerprint density at radius 3 is 2.02 bits per heavy atom. The molecule has 0 unspecified atom stereocenters. The fourth-order valence-electron chi connectivity index (χ4n) is 8.15. The molecule has 0 spiro atoms. The van der Waals surface area contributed by atoms with Crippen molar-refractivity contribution in [3.8, 4) is 11.5 Å². The Labute approximate surface area is 326 Å². The quantitative estimate of drug-likeness (QED) is 0.119. The minimum Gasteiger partial charge on any atom is -0.490 e. The molecule has 3 heterocycles. The van der Waals surface area contributed by atoms with Crippen molar-refractivity contribution in [1.82, 2.24) is 5.32 Å². The number of imide groups is 2. The van der Waals surface area contributed by atoms with Gasteiger partial charge < -0.3 is 14.4 Å². The molecule has 8 nitrogen and oxygen atoms in total. The van der Waals surface area contributed by atoms with Gasteiger partial charge in [0.25, 0.3) is 11.8 Å². The number of urea groups is 1. The second-order valence-electron chi connectivity index (χ2n) is 14.4. The van der Waals surface area contributed by atoms with Crippen LogP contribution >= 0.6 is 11.6 Å². The Hall–Kier alpha value is -5.86. The van der Waals surface area contributed by atoms with Crippen LogP contribution < -0.4 is 24.6 Å². The Bertz CT molecular complexity index is 2270. The maximum Gasteiger partial charge on any atom is 0.335 e. The number of hydrogen-bond donors (Lipinski definition) is 1. The summed E-state index contributed by atoms with van der Waals surface area (Å²) in [6.07, 6.45) is 3.24. The van der Waals surface area contributed by atoms with Gasteiger partial charge in [0.05, 0.1) is 17.3 Å². The van der Waals surface area contributed by atoms with Crippen LogP contribution in [0.2, 0.25) is 5.02 Å². The van der Waals surface area contributed by atoms with Crippen LogP contribution in [0.5, 0.6) is 11.5 Å². The monoisotopic (exact) mass is 751 g/mol. The zero-order valence-corrected chi connectivity index (χ0v) is 31.9. The molecule has 3 aliphatic heterocycles. The number of amides is 4. The van der Waals surface area contributed by atoms with Gasteiger partial charge in [-0.15, -0.1) is 0 Å². The number of aryl methyl sites for hydroxylation is 2. The molecule has 0 radical (unpaired) electrons. The third-order valence-corrected chi connectivity index (χ3v) is 11.2. The largest absolute Gasteiger partial charge is 0.490 e. The number of ether oxygens (including phenoxy) is 2. The van der Waals surface area contributed by atoms with Crippen LogP contribution in [0.15, 0.2) is 109 Å². The van der Waals surface area contributed by atoms with E-state index < -0.39 is 17.8 Å². The summed E-state index contributed by atoms with van der Waals surface area (Å²) in [5, 5.41) is 2.69. The lowest BCUT2D eigenvalue weighted by atomic mass is 9.76. The Balaban J connectivity index is 1.18. The van der Waals surface area contributed by atoms with Crippen LogP contribution in [0.3, 0.4) is 0 Å². The van der Waals surface area contributed by atoms with Crippen molar-refractivity contribution in [2.24, 2.45) is 0 Å². The van der Waals surface area contributed by atoms with E-state index in [-0.39, 0.29) is 29.0 Å². The summed E-state index contributed by atoms with van der Waals surface area (Å²) in [5.74, 6) is -0.644. The Morgan fingerprint density at radius 2 is 1.42 bits per heavy atom. The molecule has 0 bridgehead atoms. The highest BCUT2D eigenvalue weighted by atomic mass is 35.5. The van der Waals surface area contributed by atoms with Crippen molar-refractivity contribution in [2.75, 3.05) is 29.5 Å². The van der Waals surface area contributed by atoms with Crippen molar-refractivity contribution < 1.29 is 23.9 Å². The van der Waals surface area contributed by atoms with E-state index in [1.165, 1.54) is 28.5 Å². The van der Waals surface area contributed by atoms with Gasteiger partial charge in [-0.2, -0.15) is 0 Å². The molecule has 5 aromatic carbocycles. The van der Waals surface area contributed by atoms with Gasteiger partial charge in [-0.25, -0.2) is 9.69 Å². The van der Waals surface area contributed by atoms with Crippen LogP contribution in [0, 0.1) is 13.8 Å². The summed E-state index contributed by atoms with van der Waals surface area (Å²) in [5.41, 5.74) is 9.66. The first kappa shape index (κ1) is 36.1. The average molecular weight is 752 g/mol. The maximum absolute atomic E-state index is 14.5. The molecule has 4 amide bonds. The highest BCUT2D eigenvalue weighted by Gasteiger charge is 2.40. The van der Waals surface area contributed by atoms with E-state index in [1.807, 2.05) is 67.6 Å². The molecule has 5 aromatic rings. The standard InChI is InChI=1S/C46H42ClN3O5/c1-4-54-41-24-31(23-40(47)43(41)55-27-30-16-15-28(2)29(3)21-30)22-39-44(51)48-46(53)50(45(39)52)34-25-37-35(32-11-7-5-8-12-32)17-19-49-20-18-36(38(26-34)42(37)49)33-13-9-6-10-14-33/h5-16,21-26,35-36H,4,17-20,27H2,1-3H3,(H,48,51,53)/b39-22+/t35-,36+. The van der Waals surface area contributed by atoms with Gasteiger partial charge in [0.2, 0.25) is 0 Å². The minimum absolute atomic E-state index is 0.0650. The molecule has 0 aliphatic carbocycles. The topological polar surface area (TPSA) is 88.2 Å². The lowest BCUT2D eigenvalue weighted by Crippen LogP contribution is -2.54. The molecule has 0 saturated carbocycles. The SMILES string of the molecule is CCOc1cc(/C=C2\C(=O)NC(=O)N(c3cc4c5c(c3)[C@H](c3ccccc3)CCN5CC[C@@H]4c3ccccc3)C2=O)cc(Cl)c1OCc1ccc(C)c(C)c1. The summed E-state index contributed by atoms with van der Waals surface area (Å²) >= 11 is 6.79. The van der Waals surface area contributed by atoms with Crippen LogP contribution in [0.4, 0.5) is 16.2 Å². The summed E-state index contributed by atoms with van der Waals surface area (Å²) < 4.78 is 12.1. The summed E-state index contributed by atoms with van der Waals surface area (Å²) in [7, 11) is 0. The molecule has 9 heteroatoms. The van der Waals surface area contributed by atoms with E-state index in [0.29, 0.717) is 29.4 Å². The molecule has 1 saturated heterocycles. The second-order valence-corrected chi connectivity index (χ2v) is 14.8. The minimum atomic E-state index is -0.793. The van der Waals surface area contributed by atoms with Gasteiger partial charge in [0, 0.05) is 30.6 Å². The number of hydrogen-bond acceptors (Lipinski definition) is 6. The molecule has 3 aliphatic rings. The van der Waals surface area contributed by atoms with Gasteiger partial charge in [-0.1, -0.05) is 90.5 Å². The van der Waals surface area contributed by atoms with Crippen molar-refractivity contribution >= 4 is 46.9 Å². The molecule has 0 aromatic heterocycles. The summed E-state index contributed by atoms with van der Waals surface area (Å²) in [6.45, 7) is 8.39. The molecule has 2 atom stereocenters. The third-order valence-electron chi connectivity index (χ3n) is 11.0. The van der Waals surface area contributed by atoms with Crippen LogP contribution in [-0.4, -0.2) is 37.5 Å². The zero-order chi connectivity index (χ0) is 38.2. The van der Waals surface area contributed by atoms with Gasteiger partial charge >= 0.3 is 6.03 Å². The highest BCUT2D eigenvalue weighted by molar-refractivity contribution is 6.39. The maximum atomic E-state index is 14.5. The predicted molar refractivity (Wildman–Crippen MR) is 216 cm³/mol. The van der Waals surface area contributed by atoms with E-state index in [1.54, 1.807) is 12.1 Å². The fraction of sp³-hybridized carbons (Fsp3) is 0.239. The normalized spacial score (nSPS) is 18.6. The lowest BCUT2D eigenvalue weighted by Gasteiger charge is -2.44. The zero-order valence-electron chi connectivity index (χ0n) is 31.1. The first-order valence-corrected chi connectivity index (χ1v) is 19.2. The summed E-state index contributed by atoms with van der Waals surface area (Å²) in [4.78, 5) is 45.1. The molecule has 8 rings (SSSR count). The molecular formula is C46H42ClN3O5. The van der Waals surface area contributed by atoms with Gasteiger partial charge in [0.1, 0.15) is 12.2 Å². The number of benzene rings is 5. The van der Waals surface area contributed by atoms with Crippen molar-refractivity contribution in [1.29, 1.82) is 0 Å². The first-order valence-electron chi connectivity index (χ1n) is 18.8. The van der Waals surface area contributed by atoms with Crippen LogP contribution in [0.25, 0.3) is 6.08 Å². The molecule has 278 valence electrons. The van der Waals surface area contributed by atoms with E-state index in [4.69, 9.17) is 21.1 Å². The van der Waals surface area contributed by atoms with Crippen molar-refractivity contribution in [3.05, 3.63) is 158 Å². The van der Waals surface area contributed by atoms with Crippen molar-refractivity contribution in [3.63, 3.8) is 0 Å². The molecular weight excluding hydrogens is 710 g/mol. The van der Waals surface area contributed by atoms with Gasteiger partial charge in [-0.3, -0.25) is 14.9 Å². The predicted octanol–water partition coefficient (Wildman–Crippen LogP) is 9.48. The number of rotatable bonds is 9. The average Bonchev–Trinajstić information content (AvgIpc) is 3.18. The van der Waals surface area contributed by atoms with Crippen molar-refractivity contribution in [2.45, 2.75) is 52.1 Å². The van der Waals surface area contributed by atoms with Gasteiger partial charge in [0.15, 0.2) is 11.5 Å². The Kier molecular flexibility index (Phi) is 9.93. The number of halogens is 1. The highest BCUT2D eigenvalue weighted by Crippen LogP contribution is 2.50. The third kappa shape index (κ3) is 6.98. The van der Waals surface area contributed by atoms with Crippen LogP contribution in [-0.2, 0) is 16.2 Å². The molecule has 55 heavy (non-hydrogen) atoms. The first-order chi connectivity index (χ1) is 26.7. The van der Waals surface area contributed by atoms with E-state index in [9.17, 15) is 14.4 Å². The second kappa shape index (κ2) is 15.1. The number of nitrogens with zero attached hydrogens (tertiary/aromatic N) is 2. The Morgan fingerprint density at radius 1 is 0.782 bits per heavy atom. The smallest absolute Gasteiger partial charge is 0.335 e. The number of nitrogens with one attached hydrogen (secondary N) is 1. The van der Waals surface area contributed by atoms with E-state index in [0.717, 1.165) is 53.1 Å². The van der Waals surface area contributed by atoms with E-state index in [2.05, 4.69) is 54.4 Å². The number of anilines is 2. The number of carbonyl (C=O) groups is 3. The fourth-order valence-corrected chi connectivity index (χ4v) is 8.42. The lowest BCUT2D eigenvalue weighted by molar-refractivity contribution is -0.122.